The Hall–Kier alpha value is -2.70. The maximum Gasteiger partial charge on any atom is 0.280 e. The van der Waals surface area contributed by atoms with Crippen molar-refractivity contribution in [2.75, 3.05) is 7.11 Å². The number of aromatic nitrogens is 3. The number of hydrogen-bond acceptors (Lipinski definition) is 5. The number of fused-ring (bicyclic) bond motifs is 1. The van der Waals surface area contributed by atoms with Crippen molar-refractivity contribution in [2.45, 2.75) is 13.0 Å². The number of rotatable bonds is 3. The van der Waals surface area contributed by atoms with E-state index in [1.165, 1.54) is 0 Å². The van der Waals surface area contributed by atoms with Gasteiger partial charge in [0, 0.05) is 0 Å². The molecule has 0 radical (unpaired) electrons. The second kappa shape index (κ2) is 4.76. The Morgan fingerprint density at radius 1 is 1.30 bits per heavy atom. The molecular formula is C13H12N4O3. The van der Waals surface area contributed by atoms with Crippen molar-refractivity contribution in [2.24, 2.45) is 0 Å². The van der Waals surface area contributed by atoms with Gasteiger partial charge in [0.05, 0.1) is 25.8 Å². The van der Waals surface area contributed by atoms with Gasteiger partial charge in [-0.15, -0.1) is 5.10 Å². The molecule has 1 aliphatic heterocycles. The Bertz CT molecular complexity index is 675. The number of nitrogens with one attached hydrogen (secondary N) is 1. The monoisotopic (exact) mass is 272 g/mol. The fourth-order valence-corrected chi connectivity index (χ4v) is 2.10. The summed E-state index contributed by atoms with van der Waals surface area (Å²) in [5, 5.41) is 9.99. The van der Waals surface area contributed by atoms with Crippen LogP contribution in [0.4, 0.5) is 0 Å². The molecule has 1 N–H and O–H groups in total. The van der Waals surface area contributed by atoms with Gasteiger partial charge in [0.15, 0.2) is 5.69 Å². The molecule has 0 fully saturated rings. The van der Waals surface area contributed by atoms with Gasteiger partial charge >= 0.3 is 0 Å². The van der Waals surface area contributed by atoms with E-state index in [0.717, 1.165) is 11.3 Å². The summed E-state index contributed by atoms with van der Waals surface area (Å²) in [6.07, 6.45) is 0.115. The first-order valence-corrected chi connectivity index (χ1v) is 6.07. The van der Waals surface area contributed by atoms with E-state index >= 15 is 0 Å². The number of carbonyl (C=O) groups excluding carboxylic acids is 2. The highest BCUT2D eigenvalue weighted by Gasteiger charge is 2.28. The molecule has 1 aliphatic rings. The summed E-state index contributed by atoms with van der Waals surface area (Å²) in [7, 11) is 1.60. The second-order valence-corrected chi connectivity index (χ2v) is 4.44. The van der Waals surface area contributed by atoms with Gasteiger partial charge in [-0.3, -0.25) is 14.9 Å². The lowest BCUT2D eigenvalue weighted by atomic mass is 10.1. The van der Waals surface area contributed by atoms with E-state index in [1.54, 1.807) is 11.8 Å². The molecule has 3 rings (SSSR count). The highest BCUT2D eigenvalue weighted by atomic mass is 16.5. The molecule has 2 heterocycles. The first kappa shape index (κ1) is 12.3. The fourth-order valence-electron chi connectivity index (χ4n) is 2.10. The average molecular weight is 272 g/mol. The van der Waals surface area contributed by atoms with Crippen LogP contribution in [0.2, 0.25) is 0 Å². The minimum absolute atomic E-state index is 0.115. The van der Waals surface area contributed by atoms with Crippen LogP contribution in [0.5, 0.6) is 5.75 Å². The number of amides is 2. The van der Waals surface area contributed by atoms with E-state index in [1.807, 2.05) is 24.3 Å². The first-order chi connectivity index (χ1) is 9.67. The third-order valence-corrected chi connectivity index (χ3v) is 3.13. The van der Waals surface area contributed by atoms with Gasteiger partial charge < -0.3 is 4.74 Å². The SMILES string of the molecule is COc1ccc(Cn2nnc3c2CC(=O)NC3=O)cc1. The molecular weight excluding hydrogens is 260 g/mol. The van der Waals surface area contributed by atoms with E-state index in [4.69, 9.17) is 4.74 Å². The van der Waals surface area contributed by atoms with E-state index in [9.17, 15) is 9.59 Å². The van der Waals surface area contributed by atoms with Crippen molar-refractivity contribution in [3.05, 3.63) is 41.2 Å². The lowest BCUT2D eigenvalue weighted by Gasteiger charge is -2.12. The molecule has 2 amide bonds. The second-order valence-electron chi connectivity index (χ2n) is 4.44. The van der Waals surface area contributed by atoms with Crippen LogP contribution in [0.25, 0.3) is 0 Å². The van der Waals surface area contributed by atoms with Gasteiger partial charge in [-0.05, 0) is 17.7 Å². The highest BCUT2D eigenvalue weighted by Crippen LogP contribution is 2.15. The van der Waals surface area contributed by atoms with Gasteiger partial charge in [-0.25, -0.2) is 4.68 Å². The molecule has 0 bridgehead atoms. The Morgan fingerprint density at radius 2 is 2.05 bits per heavy atom. The molecule has 0 atom stereocenters. The summed E-state index contributed by atoms with van der Waals surface area (Å²) in [4.78, 5) is 23.0. The van der Waals surface area contributed by atoms with Crippen molar-refractivity contribution >= 4 is 11.8 Å². The minimum Gasteiger partial charge on any atom is -0.497 e. The van der Waals surface area contributed by atoms with Crippen LogP contribution in [-0.2, 0) is 17.8 Å². The highest BCUT2D eigenvalue weighted by molar-refractivity contribution is 6.08. The molecule has 7 nitrogen and oxygen atoms in total. The number of nitrogens with zero attached hydrogens (tertiary/aromatic N) is 3. The summed E-state index contributed by atoms with van der Waals surface area (Å²) in [6.45, 7) is 0.451. The van der Waals surface area contributed by atoms with Crippen molar-refractivity contribution < 1.29 is 14.3 Å². The molecule has 1 aromatic carbocycles. The van der Waals surface area contributed by atoms with Crippen molar-refractivity contribution in [1.82, 2.24) is 20.3 Å². The number of imide groups is 1. The smallest absolute Gasteiger partial charge is 0.280 e. The average Bonchev–Trinajstić information content (AvgIpc) is 2.83. The first-order valence-electron chi connectivity index (χ1n) is 6.07. The molecule has 0 spiro atoms. The molecule has 7 heteroatoms. The predicted octanol–water partition coefficient (Wildman–Crippen LogP) is 0.147. The van der Waals surface area contributed by atoms with Crippen LogP contribution < -0.4 is 10.1 Å². The van der Waals surface area contributed by atoms with Gasteiger partial charge in [-0.2, -0.15) is 0 Å². The van der Waals surface area contributed by atoms with Gasteiger partial charge in [0.2, 0.25) is 5.91 Å². The summed E-state index contributed by atoms with van der Waals surface area (Å²) in [6, 6.07) is 7.49. The maximum absolute atomic E-state index is 11.6. The lowest BCUT2D eigenvalue weighted by Crippen LogP contribution is -2.38. The number of carbonyl (C=O) groups is 2. The molecule has 2 aromatic rings. The summed E-state index contributed by atoms with van der Waals surface area (Å²) in [5.41, 5.74) is 1.75. The number of benzene rings is 1. The quantitative estimate of drug-likeness (QED) is 0.804. The Labute approximate surface area is 114 Å². The van der Waals surface area contributed by atoms with Crippen molar-refractivity contribution in [3.63, 3.8) is 0 Å². The molecule has 0 aliphatic carbocycles. The van der Waals surface area contributed by atoms with Crippen molar-refractivity contribution in [3.8, 4) is 5.75 Å². The zero-order chi connectivity index (χ0) is 14.1. The molecule has 0 unspecified atom stereocenters. The van der Waals surface area contributed by atoms with Crippen LogP contribution in [0.15, 0.2) is 24.3 Å². The van der Waals surface area contributed by atoms with E-state index < -0.39 is 5.91 Å². The lowest BCUT2D eigenvalue weighted by molar-refractivity contribution is -0.119. The van der Waals surface area contributed by atoms with Crippen LogP contribution >= 0.6 is 0 Å². The van der Waals surface area contributed by atoms with E-state index in [-0.39, 0.29) is 18.0 Å². The molecule has 1 aromatic heterocycles. The molecule has 0 saturated heterocycles. The van der Waals surface area contributed by atoms with Gasteiger partial charge in [0.25, 0.3) is 5.91 Å². The van der Waals surface area contributed by atoms with Gasteiger partial charge in [-0.1, -0.05) is 17.3 Å². The third kappa shape index (κ3) is 2.13. The van der Waals surface area contributed by atoms with Crippen LogP contribution in [0.1, 0.15) is 21.7 Å². The van der Waals surface area contributed by atoms with E-state index in [0.29, 0.717) is 12.2 Å². The zero-order valence-corrected chi connectivity index (χ0v) is 10.8. The third-order valence-electron chi connectivity index (χ3n) is 3.13. The molecule has 0 saturated carbocycles. The minimum atomic E-state index is -0.489. The molecule has 102 valence electrons. The zero-order valence-electron chi connectivity index (χ0n) is 10.8. The summed E-state index contributed by atoms with van der Waals surface area (Å²) < 4.78 is 6.67. The summed E-state index contributed by atoms with van der Waals surface area (Å²) >= 11 is 0. The van der Waals surface area contributed by atoms with Crippen LogP contribution in [-0.4, -0.2) is 33.9 Å². The van der Waals surface area contributed by atoms with Crippen LogP contribution in [0.3, 0.4) is 0 Å². The normalized spacial score (nSPS) is 13.8. The molecule has 20 heavy (non-hydrogen) atoms. The topological polar surface area (TPSA) is 86.1 Å². The van der Waals surface area contributed by atoms with Gasteiger partial charge in [0.1, 0.15) is 5.75 Å². The standard InChI is InChI=1S/C13H12N4O3/c1-20-9-4-2-8(3-5-9)7-17-10-6-11(18)14-13(19)12(10)15-16-17/h2-5H,6-7H2,1H3,(H,14,18,19). The number of hydrogen-bond donors (Lipinski definition) is 1. The summed E-state index contributed by atoms with van der Waals surface area (Å²) in [5.74, 6) is -0.0538. The Morgan fingerprint density at radius 3 is 2.75 bits per heavy atom. The number of methoxy groups -OCH3 is 1. The fraction of sp³-hybridized carbons (Fsp3) is 0.231. The van der Waals surface area contributed by atoms with Crippen molar-refractivity contribution in [1.29, 1.82) is 0 Å². The predicted molar refractivity (Wildman–Crippen MR) is 68.3 cm³/mol. The largest absolute Gasteiger partial charge is 0.497 e. The Balaban J connectivity index is 1.88. The number of ether oxygens (including phenoxy) is 1. The Kier molecular flexibility index (Phi) is 2.94. The maximum atomic E-state index is 11.6. The van der Waals surface area contributed by atoms with Crippen LogP contribution in [0, 0.1) is 0 Å². The van der Waals surface area contributed by atoms with E-state index in [2.05, 4.69) is 15.6 Å².